The van der Waals surface area contributed by atoms with Crippen molar-refractivity contribution in [3.63, 3.8) is 0 Å². The Bertz CT molecular complexity index is 937. The number of benzene rings is 2. The van der Waals surface area contributed by atoms with Crippen molar-refractivity contribution in [3.05, 3.63) is 66.7 Å². The van der Waals surface area contributed by atoms with Crippen molar-refractivity contribution in [2.75, 3.05) is 29.6 Å². The third kappa shape index (κ3) is 4.77. The highest BCUT2D eigenvalue weighted by atomic mass is 32.2. The van der Waals surface area contributed by atoms with Crippen molar-refractivity contribution in [2.45, 2.75) is 17.7 Å². The lowest BCUT2D eigenvalue weighted by molar-refractivity contribution is -0.120. The van der Waals surface area contributed by atoms with Crippen LogP contribution in [0.3, 0.4) is 0 Å². The highest BCUT2D eigenvalue weighted by molar-refractivity contribution is 7.98. The third-order valence-corrected chi connectivity index (χ3v) is 6.01. The average molecular weight is 405 g/mol. The van der Waals surface area contributed by atoms with E-state index in [0.717, 1.165) is 48.7 Å². The standard InChI is InChI=1S/C23H24N4OS/c1-29-20-9-7-19(8-10-20)24-23(28)18-13-15-27(16-14-18)22-12-11-21(25-26-22)17-5-3-2-4-6-17/h2-12,18H,13-16H2,1H3,(H,24,28). The fourth-order valence-corrected chi connectivity index (χ4v) is 3.95. The van der Waals surface area contributed by atoms with Crippen LogP contribution in [-0.4, -0.2) is 35.4 Å². The van der Waals surface area contributed by atoms with Crippen LogP contribution >= 0.6 is 11.8 Å². The zero-order valence-electron chi connectivity index (χ0n) is 16.4. The number of hydrogen-bond acceptors (Lipinski definition) is 5. The molecule has 0 saturated carbocycles. The summed E-state index contributed by atoms with van der Waals surface area (Å²) >= 11 is 1.69. The number of rotatable bonds is 5. The Morgan fingerprint density at radius 2 is 1.69 bits per heavy atom. The highest BCUT2D eigenvalue weighted by Crippen LogP contribution is 2.25. The molecule has 0 bridgehead atoms. The molecule has 0 aliphatic carbocycles. The van der Waals surface area contributed by atoms with Crippen molar-refractivity contribution in [1.82, 2.24) is 10.2 Å². The van der Waals surface area contributed by atoms with E-state index >= 15 is 0 Å². The molecule has 1 amide bonds. The smallest absolute Gasteiger partial charge is 0.227 e. The second kappa shape index (κ2) is 9.09. The largest absolute Gasteiger partial charge is 0.355 e. The molecule has 1 aromatic heterocycles. The molecule has 2 heterocycles. The van der Waals surface area contributed by atoms with Gasteiger partial charge in [-0.1, -0.05) is 30.3 Å². The van der Waals surface area contributed by atoms with Crippen molar-refractivity contribution in [2.24, 2.45) is 5.92 Å². The van der Waals surface area contributed by atoms with Crippen LogP contribution in [0.25, 0.3) is 11.3 Å². The van der Waals surface area contributed by atoms with E-state index in [1.165, 1.54) is 4.90 Å². The number of carbonyl (C=O) groups excluding carboxylic acids is 1. The van der Waals surface area contributed by atoms with Gasteiger partial charge in [0.1, 0.15) is 0 Å². The first kappa shape index (κ1) is 19.5. The molecule has 0 radical (unpaired) electrons. The molecule has 148 valence electrons. The fraction of sp³-hybridized carbons (Fsp3) is 0.261. The maximum absolute atomic E-state index is 12.6. The molecule has 0 spiro atoms. The molecule has 0 unspecified atom stereocenters. The van der Waals surface area contributed by atoms with Gasteiger partial charge in [-0.25, -0.2) is 0 Å². The van der Waals surface area contributed by atoms with Gasteiger partial charge in [0.25, 0.3) is 0 Å². The van der Waals surface area contributed by atoms with Crippen molar-refractivity contribution in [1.29, 1.82) is 0 Å². The number of anilines is 2. The number of hydrogen-bond donors (Lipinski definition) is 1. The summed E-state index contributed by atoms with van der Waals surface area (Å²) in [5, 5.41) is 11.8. The van der Waals surface area contributed by atoms with E-state index in [2.05, 4.69) is 20.4 Å². The summed E-state index contributed by atoms with van der Waals surface area (Å²) in [5.41, 5.74) is 2.79. The van der Waals surface area contributed by atoms with Crippen molar-refractivity contribution in [3.8, 4) is 11.3 Å². The Balaban J connectivity index is 1.32. The molecule has 3 aromatic rings. The van der Waals surface area contributed by atoms with Gasteiger partial charge in [0.2, 0.25) is 5.91 Å². The normalized spacial score (nSPS) is 14.6. The quantitative estimate of drug-likeness (QED) is 0.624. The number of nitrogens with one attached hydrogen (secondary N) is 1. The molecule has 1 fully saturated rings. The second-order valence-corrected chi connectivity index (χ2v) is 8.00. The lowest BCUT2D eigenvalue weighted by Gasteiger charge is -2.31. The monoisotopic (exact) mass is 404 g/mol. The van der Waals surface area contributed by atoms with Crippen LogP contribution in [0, 0.1) is 5.92 Å². The maximum Gasteiger partial charge on any atom is 0.227 e. The molecular weight excluding hydrogens is 380 g/mol. The summed E-state index contributed by atoms with van der Waals surface area (Å²) in [6, 6.07) is 22.1. The molecule has 5 nitrogen and oxygen atoms in total. The molecule has 0 atom stereocenters. The average Bonchev–Trinajstić information content (AvgIpc) is 2.80. The van der Waals surface area contributed by atoms with Crippen LogP contribution in [0.2, 0.25) is 0 Å². The van der Waals surface area contributed by atoms with Crippen molar-refractivity contribution >= 4 is 29.2 Å². The Labute approximate surface area is 175 Å². The van der Waals surface area contributed by atoms with Gasteiger partial charge in [-0.15, -0.1) is 22.0 Å². The number of aromatic nitrogens is 2. The number of carbonyl (C=O) groups is 1. The molecule has 1 N–H and O–H groups in total. The summed E-state index contributed by atoms with van der Waals surface area (Å²) < 4.78 is 0. The third-order valence-electron chi connectivity index (χ3n) is 5.27. The molecular formula is C23H24N4OS. The number of amides is 1. The molecule has 1 aliphatic rings. The Morgan fingerprint density at radius 3 is 2.31 bits per heavy atom. The van der Waals surface area contributed by atoms with Gasteiger partial charge in [0, 0.05) is 35.2 Å². The summed E-state index contributed by atoms with van der Waals surface area (Å²) in [6.07, 6.45) is 3.68. The maximum atomic E-state index is 12.6. The first-order valence-corrected chi connectivity index (χ1v) is 11.0. The van der Waals surface area contributed by atoms with Gasteiger partial charge in [-0.3, -0.25) is 4.79 Å². The molecule has 6 heteroatoms. The van der Waals surface area contributed by atoms with Crippen molar-refractivity contribution < 1.29 is 4.79 Å². The van der Waals surface area contributed by atoms with Gasteiger partial charge in [0.15, 0.2) is 5.82 Å². The van der Waals surface area contributed by atoms with E-state index in [0.29, 0.717) is 0 Å². The second-order valence-electron chi connectivity index (χ2n) is 7.12. The Hall–Kier alpha value is -2.86. The van der Waals surface area contributed by atoms with Gasteiger partial charge in [-0.2, -0.15) is 0 Å². The summed E-state index contributed by atoms with van der Waals surface area (Å²) in [6.45, 7) is 1.62. The van der Waals surface area contributed by atoms with Gasteiger partial charge in [0.05, 0.1) is 5.69 Å². The van der Waals surface area contributed by atoms with E-state index in [1.54, 1.807) is 11.8 Å². The summed E-state index contributed by atoms with van der Waals surface area (Å²) in [7, 11) is 0. The Morgan fingerprint density at radius 1 is 0.966 bits per heavy atom. The highest BCUT2D eigenvalue weighted by Gasteiger charge is 2.26. The first-order valence-electron chi connectivity index (χ1n) is 9.82. The fourth-order valence-electron chi connectivity index (χ4n) is 3.55. The van der Waals surface area contributed by atoms with E-state index in [4.69, 9.17) is 0 Å². The lowest BCUT2D eigenvalue weighted by Crippen LogP contribution is -2.38. The minimum atomic E-state index is 0.0306. The van der Waals surface area contributed by atoms with Gasteiger partial charge >= 0.3 is 0 Å². The lowest BCUT2D eigenvalue weighted by atomic mass is 9.96. The van der Waals surface area contributed by atoms with Gasteiger partial charge < -0.3 is 10.2 Å². The molecule has 2 aromatic carbocycles. The minimum Gasteiger partial charge on any atom is -0.355 e. The van der Waals surface area contributed by atoms with E-state index in [9.17, 15) is 4.79 Å². The van der Waals surface area contributed by atoms with Crippen LogP contribution in [0.4, 0.5) is 11.5 Å². The van der Waals surface area contributed by atoms with Gasteiger partial charge in [-0.05, 0) is 55.5 Å². The number of thioether (sulfide) groups is 1. The SMILES string of the molecule is CSc1ccc(NC(=O)C2CCN(c3ccc(-c4ccccc4)nn3)CC2)cc1. The summed E-state index contributed by atoms with van der Waals surface area (Å²) in [5.74, 6) is 1.01. The molecule has 29 heavy (non-hydrogen) atoms. The van der Waals surface area contributed by atoms with E-state index in [-0.39, 0.29) is 11.8 Å². The van der Waals surface area contributed by atoms with Crippen LogP contribution < -0.4 is 10.2 Å². The minimum absolute atomic E-state index is 0.0306. The van der Waals surface area contributed by atoms with Crippen LogP contribution in [-0.2, 0) is 4.79 Å². The zero-order chi connectivity index (χ0) is 20.1. The first-order chi connectivity index (χ1) is 14.2. The van der Waals surface area contributed by atoms with Crippen LogP contribution in [0.1, 0.15) is 12.8 Å². The summed E-state index contributed by atoms with van der Waals surface area (Å²) in [4.78, 5) is 16.0. The Kier molecular flexibility index (Phi) is 6.10. The number of nitrogens with zero attached hydrogens (tertiary/aromatic N) is 3. The topological polar surface area (TPSA) is 58.1 Å². The molecule has 1 saturated heterocycles. The van der Waals surface area contributed by atoms with Crippen LogP contribution in [0.5, 0.6) is 0 Å². The molecule has 4 rings (SSSR count). The number of piperidine rings is 1. The zero-order valence-corrected chi connectivity index (χ0v) is 17.2. The van der Waals surface area contributed by atoms with E-state index in [1.807, 2.05) is 73.0 Å². The predicted molar refractivity (Wildman–Crippen MR) is 119 cm³/mol. The predicted octanol–water partition coefficient (Wildman–Crippen LogP) is 4.72. The van der Waals surface area contributed by atoms with E-state index < -0.39 is 0 Å². The van der Waals surface area contributed by atoms with Crippen LogP contribution in [0.15, 0.2) is 71.6 Å². The molecule has 1 aliphatic heterocycles.